The topological polar surface area (TPSA) is 0 Å². The lowest BCUT2D eigenvalue weighted by Crippen LogP contribution is -1.99. The predicted octanol–water partition coefficient (Wildman–Crippen LogP) is 12.0. The summed E-state index contributed by atoms with van der Waals surface area (Å²) in [7, 11) is 0. The third-order valence-corrected chi connectivity index (χ3v) is 6.98. The van der Waals surface area contributed by atoms with Gasteiger partial charge in [0.15, 0.2) is 0 Å². The summed E-state index contributed by atoms with van der Waals surface area (Å²) in [4.78, 5) is 0. The van der Waals surface area contributed by atoms with Crippen LogP contribution in [0.2, 0.25) is 0 Å². The molecular formula is C33H55I. The summed E-state index contributed by atoms with van der Waals surface area (Å²) < 4.78 is 1.25. The minimum atomic E-state index is 0.782. The molecule has 0 radical (unpaired) electrons. The average Bonchev–Trinajstić information content (AvgIpc) is 2.75. The molecule has 0 rings (SSSR count). The summed E-state index contributed by atoms with van der Waals surface area (Å²) in [5, 5.41) is 0. The van der Waals surface area contributed by atoms with Gasteiger partial charge < -0.3 is 0 Å². The highest BCUT2D eigenvalue weighted by Gasteiger charge is 2.06. The molecule has 1 heteroatoms. The second kappa shape index (κ2) is 21.5. The predicted molar refractivity (Wildman–Crippen MR) is 167 cm³/mol. The van der Waals surface area contributed by atoms with Crippen molar-refractivity contribution >= 4 is 22.6 Å². The Morgan fingerprint density at radius 3 is 1.15 bits per heavy atom. The molecule has 0 aliphatic heterocycles. The van der Waals surface area contributed by atoms with Crippen LogP contribution >= 0.6 is 22.6 Å². The molecule has 0 aromatic rings. The lowest BCUT2D eigenvalue weighted by molar-refractivity contribution is 0.527. The van der Waals surface area contributed by atoms with Gasteiger partial charge in [0.1, 0.15) is 0 Å². The van der Waals surface area contributed by atoms with Gasteiger partial charge in [-0.05, 0) is 136 Å². The van der Waals surface area contributed by atoms with Crippen molar-refractivity contribution in [2.45, 2.75) is 126 Å². The van der Waals surface area contributed by atoms with Crippen molar-refractivity contribution in [1.82, 2.24) is 0 Å². The molecule has 0 atom stereocenters. The van der Waals surface area contributed by atoms with Crippen molar-refractivity contribution in [2.75, 3.05) is 4.43 Å². The highest BCUT2D eigenvalue weighted by Crippen LogP contribution is 2.21. The van der Waals surface area contributed by atoms with Crippen molar-refractivity contribution in [2.24, 2.45) is 5.92 Å². The van der Waals surface area contributed by atoms with Crippen LogP contribution in [-0.4, -0.2) is 4.43 Å². The van der Waals surface area contributed by atoms with Crippen LogP contribution < -0.4 is 0 Å². The van der Waals surface area contributed by atoms with Gasteiger partial charge in [-0.2, -0.15) is 0 Å². The van der Waals surface area contributed by atoms with Crippen molar-refractivity contribution in [3.63, 3.8) is 0 Å². The molecule has 0 saturated heterocycles. The van der Waals surface area contributed by atoms with E-state index < -0.39 is 0 Å². The average molecular weight is 579 g/mol. The lowest BCUT2D eigenvalue weighted by atomic mass is 9.94. The van der Waals surface area contributed by atoms with Gasteiger partial charge in [0.25, 0.3) is 0 Å². The maximum Gasteiger partial charge on any atom is -0.000187 e. The van der Waals surface area contributed by atoms with Gasteiger partial charge in [0.05, 0.1) is 0 Å². The minimum absolute atomic E-state index is 0.782. The summed E-state index contributed by atoms with van der Waals surface area (Å²) >= 11 is 2.54. The zero-order valence-electron chi connectivity index (χ0n) is 23.9. The number of hydrogen-bond donors (Lipinski definition) is 0. The second-order valence-corrected chi connectivity index (χ2v) is 11.8. The van der Waals surface area contributed by atoms with Crippen molar-refractivity contribution < 1.29 is 0 Å². The normalized spacial score (nSPS) is 14.3. The van der Waals surface area contributed by atoms with Gasteiger partial charge >= 0.3 is 0 Å². The van der Waals surface area contributed by atoms with E-state index in [1.807, 2.05) is 0 Å². The van der Waals surface area contributed by atoms with Crippen molar-refractivity contribution in [1.29, 1.82) is 0 Å². The molecule has 0 bridgehead atoms. The standard InChI is InChI=1S/C33H55I/c1-27(2)13-9-15-29(5)17-11-19-31(7)21-23-33(25-26-34)24-22-32(8)20-12-18-30(6)16-10-14-28(3)4/h13-14,17-18,21-22,33H,9-12,15-16,19-20,23-26H2,1-8H3/b29-17+,30-18+,31-21+,32-22+. The number of rotatable bonds is 18. The summed E-state index contributed by atoms with van der Waals surface area (Å²) in [6, 6.07) is 0. The van der Waals surface area contributed by atoms with Crippen molar-refractivity contribution in [3.05, 3.63) is 69.9 Å². The zero-order valence-corrected chi connectivity index (χ0v) is 26.1. The first-order valence-corrected chi connectivity index (χ1v) is 15.1. The van der Waals surface area contributed by atoms with Gasteiger partial charge in [-0.1, -0.05) is 92.5 Å². The largest absolute Gasteiger partial charge is 0.0864 e. The summed E-state index contributed by atoms with van der Waals surface area (Å²) in [5.41, 5.74) is 9.03. The Hall–Kier alpha value is -0.830. The van der Waals surface area contributed by atoms with Crippen LogP contribution in [0.1, 0.15) is 126 Å². The molecule has 0 aromatic heterocycles. The third-order valence-electron chi connectivity index (χ3n) is 6.36. The van der Waals surface area contributed by atoms with Crippen molar-refractivity contribution in [3.8, 4) is 0 Å². The molecule has 0 spiro atoms. The van der Waals surface area contributed by atoms with E-state index in [0.29, 0.717) is 0 Å². The van der Waals surface area contributed by atoms with E-state index in [0.717, 1.165) is 5.92 Å². The van der Waals surface area contributed by atoms with Crippen LogP contribution in [0.4, 0.5) is 0 Å². The SMILES string of the molecule is CC(C)=CCC/C(C)=C/CC/C(C)=C/CC(C/C=C(\C)CC/C=C(\C)CCC=C(C)C)CCI. The van der Waals surface area contributed by atoms with E-state index in [1.165, 1.54) is 97.3 Å². The van der Waals surface area contributed by atoms with E-state index in [9.17, 15) is 0 Å². The minimum Gasteiger partial charge on any atom is -0.0864 e. The molecule has 194 valence electrons. The fraction of sp³-hybridized carbons (Fsp3) is 0.636. The Balaban J connectivity index is 4.46. The van der Waals surface area contributed by atoms with Crippen LogP contribution in [-0.2, 0) is 0 Å². The molecule has 0 saturated carbocycles. The van der Waals surface area contributed by atoms with Crippen LogP contribution in [0.25, 0.3) is 0 Å². The molecule has 0 aliphatic rings. The highest BCUT2D eigenvalue weighted by molar-refractivity contribution is 14.1. The van der Waals surface area contributed by atoms with Gasteiger partial charge in [-0.25, -0.2) is 0 Å². The van der Waals surface area contributed by atoms with Gasteiger partial charge in [-0.3, -0.25) is 0 Å². The summed E-state index contributed by atoms with van der Waals surface area (Å²) in [5.74, 6) is 0.782. The smallest absolute Gasteiger partial charge is 0.000187 e. The van der Waals surface area contributed by atoms with E-state index in [2.05, 4.69) is 114 Å². The lowest BCUT2D eigenvalue weighted by Gasteiger charge is -2.13. The summed E-state index contributed by atoms with van der Waals surface area (Å²) in [6.45, 7) is 17.9. The fourth-order valence-corrected chi connectivity index (χ4v) is 4.78. The zero-order chi connectivity index (χ0) is 25.8. The first-order chi connectivity index (χ1) is 16.1. The quantitative estimate of drug-likeness (QED) is 0.0862. The first-order valence-electron chi connectivity index (χ1n) is 13.6. The van der Waals surface area contributed by atoms with Crippen LogP contribution in [0.5, 0.6) is 0 Å². The molecule has 0 fully saturated rings. The second-order valence-electron chi connectivity index (χ2n) is 10.7. The van der Waals surface area contributed by atoms with Gasteiger partial charge in [0, 0.05) is 0 Å². The number of allylic oxidation sites excluding steroid dienone is 12. The number of alkyl halides is 1. The molecule has 0 nitrogen and oxygen atoms in total. The Kier molecular flexibility index (Phi) is 20.9. The van der Waals surface area contributed by atoms with Crippen LogP contribution in [0.15, 0.2) is 69.9 Å². The third kappa shape index (κ3) is 21.7. The van der Waals surface area contributed by atoms with Crippen LogP contribution in [0.3, 0.4) is 0 Å². The molecule has 34 heavy (non-hydrogen) atoms. The molecule has 0 heterocycles. The Bertz CT molecular complexity index is 656. The molecule has 0 amide bonds. The number of hydrogen-bond acceptors (Lipinski definition) is 0. The Morgan fingerprint density at radius 2 is 0.824 bits per heavy atom. The maximum atomic E-state index is 2.54. The summed E-state index contributed by atoms with van der Waals surface area (Å²) in [6.07, 6.45) is 27.9. The Morgan fingerprint density at radius 1 is 0.500 bits per heavy atom. The van der Waals surface area contributed by atoms with E-state index in [-0.39, 0.29) is 0 Å². The monoisotopic (exact) mass is 578 g/mol. The fourth-order valence-electron chi connectivity index (χ4n) is 3.90. The van der Waals surface area contributed by atoms with Gasteiger partial charge in [0.2, 0.25) is 0 Å². The van der Waals surface area contributed by atoms with Gasteiger partial charge in [-0.15, -0.1) is 0 Å². The molecule has 0 unspecified atom stereocenters. The van der Waals surface area contributed by atoms with E-state index in [4.69, 9.17) is 0 Å². The molecule has 0 aliphatic carbocycles. The first kappa shape index (κ1) is 33.2. The molecular weight excluding hydrogens is 523 g/mol. The van der Waals surface area contributed by atoms with E-state index >= 15 is 0 Å². The van der Waals surface area contributed by atoms with E-state index in [1.54, 1.807) is 11.1 Å². The molecule has 0 N–H and O–H groups in total. The Labute approximate surface area is 228 Å². The molecule has 0 aromatic carbocycles. The number of halogens is 1. The van der Waals surface area contributed by atoms with Crippen LogP contribution in [0, 0.1) is 5.92 Å². The maximum absolute atomic E-state index is 2.54. The highest BCUT2D eigenvalue weighted by atomic mass is 127.